The Labute approximate surface area is 82.9 Å². The third kappa shape index (κ3) is 1.78. The minimum absolute atomic E-state index is 0.217. The molecular weight excluding hydrogens is 180 g/mol. The molecule has 76 valence electrons. The van der Waals surface area contributed by atoms with E-state index >= 15 is 0 Å². The summed E-state index contributed by atoms with van der Waals surface area (Å²) in [7, 11) is 1.39. The van der Waals surface area contributed by atoms with Gasteiger partial charge in [-0.1, -0.05) is 0 Å². The summed E-state index contributed by atoms with van der Waals surface area (Å²) in [6, 6.07) is 2.06. The predicted octanol–water partition coefficient (Wildman–Crippen LogP) is 1.24. The quantitative estimate of drug-likeness (QED) is 0.680. The molecule has 0 atom stereocenters. The van der Waals surface area contributed by atoms with E-state index in [4.69, 9.17) is 0 Å². The van der Waals surface area contributed by atoms with E-state index in [-0.39, 0.29) is 12.5 Å². The second kappa shape index (κ2) is 3.44. The van der Waals surface area contributed by atoms with Gasteiger partial charge in [0.25, 0.3) is 0 Å². The maximum absolute atomic E-state index is 11.0. The van der Waals surface area contributed by atoms with Crippen molar-refractivity contribution in [3.8, 4) is 0 Å². The van der Waals surface area contributed by atoms with Crippen LogP contribution in [0.3, 0.4) is 0 Å². The molecule has 0 spiro atoms. The molecule has 1 aliphatic rings. The average Bonchev–Trinajstić information content (AvgIpc) is 2.94. The second-order valence-electron chi connectivity index (χ2n) is 3.72. The third-order valence-electron chi connectivity index (χ3n) is 2.50. The zero-order valence-corrected chi connectivity index (χ0v) is 8.49. The van der Waals surface area contributed by atoms with Crippen LogP contribution in [0.4, 0.5) is 0 Å². The number of aryl methyl sites for hydroxylation is 1. The maximum atomic E-state index is 11.0. The molecule has 1 aromatic rings. The van der Waals surface area contributed by atoms with E-state index in [9.17, 15) is 4.79 Å². The van der Waals surface area contributed by atoms with Crippen LogP contribution >= 0.6 is 0 Å². The normalized spacial score (nSPS) is 15.6. The van der Waals surface area contributed by atoms with Crippen molar-refractivity contribution in [3.63, 3.8) is 0 Å². The van der Waals surface area contributed by atoms with Crippen LogP contribution in [0, 0.1) is 6.92 Å². The van der Waals surface area contributed by atoms with E-state index in [1.165, 1.54) is 20.0 Å². The highest BCUT2D eigenvalue weighted by Crippen LogP contribution is 2.39. The Morgan fingerprint density at radius 2 is 2.43 bits per heavy atom. The fraction of sp³-hybridized carbons (Fsp3) is 0.600. The Kier molecular flexibility index (Phi) is 2.27. The van der Waals surface area contributed by atoms with Gasteiger partial charge < -0.3 is 4.74 Å². The van der Waals surface area contributed by atoms with Crippen molar-refractivity contribution in [1.29, 1.82) is 0 Å². The van der Waals surface area contributed by atoms with Gasteiger partial charge in [0.15, 0.2) is 0 Å². The Balaban J connectivity index is 2.12. The van der Waals surface area contributed by atoms with Gasteiger partial charge in [-0.05, 0) is 25.8 Å². The van der Waals surface area contributed by atoms with Crippen LogP contribution < -0.4 is 0 Å². The van der Waals surface area contributed by atoms with Gasteiger partial charge in [-0.2, -0.15) is 5.10 Å². The van der Waals surface area contributed by atoms with Crippen molar-refractivity contribution in [2.75, 3.05) is 7.11 Å². The first-order valence-electron chi connectivity index (χ1n) is 4.82. The van der Waals surface area contributed by atoms with Crippen molar-refractivity contribution in [3.05, 3.63) is 17.5 Å². The number of hydrogen-bond acceptors (Lipinski definition) is 3. The molecule has 0 bridgehead atoms. The second-order valence-corrected chi connectivity index (χ2v) is 3.72. The maximum Gasteiger partial charge on any atom is 0.327 e. The molecule has 0 saturated heterocycles. The molecule has 2 rings (SSSR count). The van der Waals surface area contributed by atoms with Crippen LogP contribution in [0.2, 0.25) is 0 Å². The molecule has 0 amide bonds. The minimum atomic E-state index is -0.251. The molecule has 0 aromatic carbocycles. The summed E-state index contributed by atoms with van der Waals surface area (Å²) >= 11 is 0. The molecule has 1 aliphatic carbocycles. The largest absolute Gasteiger partial charge is 0.468 e. The van der Waals surface area contributed by atoms with E-state index in [2.05, 4.69) is 15.9 Å². The Morgan fingerprint density at radius 3 is 3.00 bits per heavy atom. The summed E-state index contributed by atoms with van der Waals surface area (Å²) < 4.78 is 6.30. The molecule has 4 nitrogen and oxygen atoms in total. The van der Waals surface area contributed by atoms with Gasteiger partial charge in [-0.25, -0.2) is 0 Å². The smallest absolute Gasteiger partial charge is 0.327 e. The standard InChI is InChI=1S/C10H14N2O2/c1-7-5-9(8-3-4-8)11-12(7)6-10(13)14-2/h5,8H,3-4,6H2,1-2H3. The number of carbonyl (C=O) groups excluding carboxylic acids is 1. The lowest BCUT2D eigenvalue weighted by molar-refractivity contribution is -0.141. The zero-order chi connectivity index (χ0) is 10.1. The summed E-state index contributed by atoms with van der Waals surface area (Å²) in [4.78, 5) is 11.0. The summed E-state index contributed by atoms with van der Waals surface area (Å²) in [5.41, 5.74) is 2.14. The van der Waals surface area contributed by atoms with Crippen LogP contribution in [0.15, 0.2) is 6.07 Å². The summed E-state index contributed by atoms with van der Waals surface area (Å²) in [6.45, 7) is 2.18. The number of ether oxygens (including phenoxy) is 1. The number of carbonyl (C=O) groups is 1. The lowest BCUT2D eigenvalue weighted by Crippen LogP contribution is -2.13. The predicted molar refractivity (Wildman–Crippen MR) is 51.0 cm³/mol. The van der Waals surface area contributed by atoms with Gasteiger partial charge in [-0.3, -0.25) is 9.48 Å². The number of aromatic nitrogens is 2. The highest BCUT2D eigenvalue weighted by Gasteiger charge is 2.26. The summed E-state index contributed by atoms with van der Waals surface area (Å²) in [5, 5.41) is 4.38. The fourth-order valence-electron chi connectivity index (χ4n) is 1.46. The first kappa shape index (κ1) is 9.24. The van der Waals surface area contributed by atoms with Gasteiger partial charge >= 0.3 is 5.97 Å². The number of nitrogens with zero attached hydrogens (tertiary/aromatic N) is 2. The highest BCUT2D eigenvalue weighted by atomic mass is 16.5. The van der Waals surface area contributed by atoms with Gasteiger partial charge in [0, 0.05) is 11.6 Å². The molecule has 0 N–H and O–H groups in total. The molecule has 0 radical (unpaired) electrons. The number of methoxy groups -OCH3 is 1. The molecular formula is C10H14N2O2. The zero-order valence-electron chi connectivity index (χ0n) is 8.49. The minimum Gasteiger partial charge on any atom is -0.468 e. The van der Waals surface area contributed by atoms with Crippen molar-refractivity contribution in [2.24, 2.45) is 0 Å². The van der Waals surface area contributed by atoms with Gasteiger partial charge in [0.1, 0.15) is 6.54 Å². The van der Waals surface area contributed by atoms with E-state index in [1.807, 2.05) is 6.92 Å². The van der Waals surface area contributed by atoms with E-state index in [0.717, 1.165) is 11.4 Å². The number of esters is 1. The Morgan fingerprint density at radius 1 is 1.71 bits per heavy atom. The molecule has 1 saturated carbocycles. The van der Waals surface area contributed by atoms with Crippen LogP contribution in [-0.2, 0) is 16.1 Å². The molecule has 1 aromatic heterocycles. The molecule has 14 heavy (non-hydrogen) atoms. The Bertz CT molecular complexity index is 353. The van der Waals surface area contributed by atoms with E-state index in [1.54, 1.807) is 4.68 Å². The van der Waals surface area contributed by atoms with Crippen molar-refractivity contribution < 1.29 is 9.53 Å². The van der Waals surface area contributed by atoms with Gasteiger partial charge in [-0.15, -0.1) is 0 Å². The molecule has 0 unspecified atom stereocenters. The molecule has 4 heteroatoms. The lowest BCUT2D eigenvalue weighted by atomic mass is 10.3. The van der Waals surface area contributed by atoms with Crippen LogP contribution in [0.1, 0.15) is 30.1 Å². The number of hydrogen-bond donors (Lipinski definition) is 0. The fourth-order valence-corrected chi connectivity index (χ4v) is 1.46. The van der Waals surface area contributed by atoms with Crippen LogP contribution in [0.25, 0.3) is 0 Å². The molecule has 1 fully saturated rings. The Hall–Kier alpha value is -1.32. The first-order chi connectivity index (χ1) is 6.70. The van der Waals surface area contributed by atoms with E-state index < -0.39 is 0 Å². The van der Waals surface area contributed by atoms with Crippen LogP contribution in [-0.4, -0.2) is 22.9 Å². The van der Waals surface area contributed by atoms with Crippen molar-refractivity contribution >= 4 is 5.97 Å². The van der Waals surface area contributed by atoms with Crippen molar-refractivity contribution in [1.82, 2.24) is 9.78 Å². The SMILES string of the molecule is COC(=O)Cn1nc(C2CC2)cc1C. The van der Waals surface area contributed by atoms with E-state index in [0.29, 0.717) is 5.92 Å². The monoisotopic (exact) mass is 194 g/mol. The topological polar surface area (TPSA) is 44.1 Å². The number of rotatable bonds is 3. The molecule has 1 heterocycles. The first-order valence-corrected chi connectivity index (χ1v) is 4.82. The van der Waals surface area contributed by atoms with Gasteiger partial charge in [0.2, 0.25) is 0 Å². The average molecular weight is 194 g/mol. The third-order valence-corrected chi connectivity index (χ3v) is 2.50. The van der Waals surface area contributed by atoms with Gasteiger partial charge in [0.05, 0.1) is 12.8 Å². The lowest BCUT2D eigenvalue weighted by Gasteiger charge is -2.01. The van der Waals surface area contributed by atoms with Crippen LogP contribution in [0.5, 0.6) is 0 Å². The van der Waals surface area contributed by atoms with Crippen molar-refractivity contribution in [2.45, 2.75) is 32.2 Å². The summed E-state index contributed by atoms with van der Waals surface area (Å²) in [6.07, 6.45) is 2.46. The molecule has 0 aliphatic heterocycles. The summed E-state index contributed by atoms with van der Waals surface area (Å²) in [5.74, 6) is 0.381. The highest BCUT2D eigenvalue weighted by molar-refractivity contribution is 5.68.